The van der Waals surface area contributed by atoms with E-state index in [0.717, 1.165) is 9.13 Å². The molecule has 4 nitrogen and oxygen atoms in total. The molecule has 0 aliphatic heterocycles. The van der Waals surface area contributed by atoms with E-state index in [0.29, 0.717) is 5.69 Å². The fourth-order valence-corrected chi connectivity index (χ4v) is 2.61. The third kappa shape index (κ3) is 5.59. The van der Waals surface area contributed by atoms with Crippen LogP contribution in [-0.4, -0.2) is 18.8 Å². The van der Waals surface area contributed by atoms with Crippen molar-refractivity contribution < 1.29 is 22.7 Å². The maximum absolute atomic E-state index is 12.4. The third-order valence-corrected chi connectivity index (χ3v) is 3.69. The number of alkyl halides is 3. The van der Waals surface area contributed by atoms with E-state index in [1.54, 1.807) is 12.1 Å². The fraction of sp³-hybridized carbons (Fsp3) is 0.188. The molecule has 0 aliphatic rings. The van der Waals surface area contributed by atoms with Gasteiger partial charge in [-0.15, -0.1) is 13.2 Å². The summed E-state index contributed by atoms with van der Waals surface area (Å²) in [5.74, 6) is -0.760. The Kier molecular flexibility index (Phi) is 5.92. The van der Waals surface area contributed by atoms with Crippen LogP contribution < -0.4 is 15.4 Å². The Labute approximate surface area is 150 Å². The van der Waals surface area contributed by atoms with Crippen LogP contribution in [0.5, 0.6) is 5.75 Å². The highest BCUT2D eigenvalue weighted by Gasteiger charge is 2.32. The number of benzene rings is 2. The predicted molar refractivity (Wildman–Crippen MR) is 94.1 cm³/mol. The van der Waals surface area contributed by atoms with Gasteiger partial charge in [0.1, 0.15) is 0 Å². The van der Waals surface area contributed by atoms with Crippen molar-refractivity contribution in [2.75, 3.05) is 17.2 Å². The standard InChI is InChI=1S/C16H14F3IN2O2/c1-10-8-11(20)6-7-12(10)22-15(23)9-21-13-4-2-3-5-14(13)24-16(17,18)19/h2-8,21H,9H2,1H3,(H,22,23). The Morgan fingerprint density at radius 2 is 1.88 bits per heavy atom. The van der Waals surface area contributed by atoms with Crippen LogP contribution in [-0.2, 0) is 4.79 Å². The number of carbonyl (C=O) groups is 1. The Morgan fingerprint density at radius 3 is 2.54 bits per heavy atom. The van der Waals surface area contributed by atoms with E-state index >= 15 is 0 Å². The molecular weight excluding hydrogens is 436 g/mol. The average Bonchev–Trinajstić information content (AvgIpc) is 2.48. The number of para-hydroxylation sites is 2. The number of carbonyl (C=O) groups excluding carboxylic acids is 1. The first-order chi connectivity index (χ1) is 11.2. The van der Waals surface area contributed by atoms with Gasteiger partial charge in [0.2, 0.25) is 5.91 Å². The molecule has 0 aromatic heterocycles. The van der Waals surface area contributed by atoms with Crippen molar-refractivity contribution >= 4 is 39.9 Å². The molecular formula is C16H14F3IN2O2. The lowest BCUT2D eigenvalue weighted by molar-refractivity contribution is -0.274. The number of aryl methyl sites for hydroxylation is 1. The molecule has 2 aromatic carbocycles. The van der Waals surface area contributed by atoms with Gasteiger partial charge in [0.15, 0.2) is 5.75 Å². The van der Waals surface area contributed by atoms with Crippen LogP contribution in [0.1, 0.15) is 5.56 Å². The van der Waals surface area contributed by atoms with Crippen molar-refractivity contribution in [3.8, 4) is 5.75 Å². The molecule has 128 valence electrons. The molecule has 24 heavy (non-hydrogen) atoms. The zero-order chi connectivity index (χ0) is 17.7. The number of halogens is 4. The molecule has 2 aromatic rings. The van der Waals surface area contributed by atoms with E-state index in [1.807, 2.05) is 19.1 Å². The van der Waals surface area contributed by atoms with Crippen LogP contribution in [0, 0.1) is 10.5 Å². The second kappa shape index (κ2) is 7.73. The summed E-state index contributed by atoms with van der Waals surface area (Å²) in [5, 5.41) is 5.36. The number of hydrogen-bond acceptors (Lipinski definition) is 3. The van der Waals surface area contributed by atoms with Crippen molar-refractivity contribution in [1.82, 2.24) is 0 Å². The van der Waals surface area contributed by atoms with E-state index in [4.69, 9.17) is 0 Å². The molecule has 0 spiro atoms. The van der Waals surface area contributed by atoms with Crippen LogP contribution in [0.25, 0.3) is 0 Å². The van der Waals surface area contributed by atoms with Crippen molar-refractivity contribution in [3.63, 3.8) is 0 Å². The highest BCUT2D eigenvalue weighted by atomic mass is 127. The summed E-state index contributed by atoms with van der Waals surface area (Å²) in [7, 11) is 0. The topological polar surface area (TPSA) is 50.4 Å². The van der Waals surface area contributed by atoms with Crippen LogP contribution in [0.2, 0.25) is 0 Å². The smallest absolute Gasteiger partial charge is 0.404 e. The predicted octanol–water partition coefficient (Wildman–Crippen LogP) is 4.55. The van der Waals surface area contributed by atoms with E-state index in [1.165, 1.54) is 18.2 Å². The van der Waals surface area contributed by atoms with Gasteiger partial charge >= 0.3 is 6.36 Å². The molecule has 0 atom stereocenters. The average molecular weight is 450 g/mol. The van der Waals surface area contributed by atoms with Crippen LogP contribution in [0.15, 0.2) is 42.5 Å². The summed E-state index contributed by atoms with van der Waals surface area (Å²) >= 11 is 2.16. The fourth-order valence-electron chi connectivity index (χ4n) is 1.96. The van der Waals surface area contributed by atoms with Crippen molar-refractivity contribution in [3.05, 3.63) is 51.6 Å². The van der Waals surface area contributed by atoms with Gasteiger partial charge in [-0.05, 0) is 65.4 Å². The summed E-state index contributed by atoms with van der Waals surface area (Å²) in [6.07, 6.45) is -4.79. The Hall–Kier alpha value is -1.97. The van der Waals surface area contributed by atoms with E-state index in [2.05, 4.69) is 38.0 Å². The molecule has 2 N–H and O–H groups in total. The Balaban J connectivity index is 1.99. The summed E-state index contributed by atoms with van der Waals surface area (Å²) in [4.78, 5) is 12.0. The first-order valence-corrected chi connectivity index (χ1v) is 7.97. The number of amides is 1. The van der Waals surface area contributed by atoms with Crippen LogP contribution in [0.4, 0.5) is 24.5 Å². The summed E-state index contributed by atoms with van der Waals surface area (Å²) in [5.41, 5.74) is 1.64. The Bertz CT molecular complexity index is 736. The second-order valence-electron chi connectivity index (χ2n) is 4.90. The van der Waals surface area contributed by atoms with Gasteiger partial charge in [0.05, 0.1) is 12.2 Å². The summed E-state index contributed by atoms with van der Waals surface area (Å²) < 4.78 is 42.0. The largest absolute Gasteiger partial charge is 0.573 e. The van der Waals surface area contributed by atoms with Crippen molar-refractivity contribution in [2.24, 2.45) is 0 Å². The molecule has 0 aliphatic carbocycles. The van der Waals surface area contributed by atoms with Gasteiger partial charge in [-0.1, -0.05) is 12.1 Å². The van der Waals surface area contributed by atoms with Gasteiger partial charge in [0.25, 0.3) is 0 Å². The van der Waals surface area contributed by atoms with E-state index < -0.39 is 6.36 Å². The molecule has 0 radical (unpaired) electrons. The molecule has 8 heteroatoms. The molecule has 1 amide bonds. The maximum Gasteiger partial charge on any atom is 0.573 e. The van der Waals surface area contributed by atoms with Crippen LogP contribution in [0.3, 0.4) is 0 Å². The minimum Gasteiger partial charge on any atom is -0.404 e. The number of rotatable bonds is 5. The molecule has 0 saturated heterocycles. The van der Waals surface area contributed by atoms with Gasteiger partial charge in [-0.3, -0.25) is 4.79 Å². The quantitative estimate of drug-likeness (QED) is 0.658. The molecule has 0 fully saturated rings. The summed E-state index contributed by atoms with van der Waals surface area (Å²) in [6, 6.07) is 11.1. The van der Waals surface area contributed by atoms with Gasteiger partial charge < -0.3 is 15.4 Å². The first-order valence-electron chi connectivity index (χ1n) is 6.89. The number of ether oxygens (including phenoxy) is 1. The third-order valence-electron chi connectivity index (χ3n) is 3.01. The molecule has 0 saturated carbocycles. The highest BCUT2D eigenvalue weighted by Crippen LogP contribution is 2.29. The maximum atomic E-state index is 12.4. The monoisotopic (exact) mass is 450 g/mol. The lowest BCUT2D eigenvalue weighted by Gasteiger charge is -2.14. The first kappa shape index (κ1) is 18.4. The SMILES string of the molecule is Cc1cc(I)ccc1NC(=O)CNc1ccccc1OC(F)(F)F. The van der Waals surface area contributed by atoms with Gasteiger partial charge in [-0.25, -0.2) is 0 Å². The molecule has 0 unspecified atom stereocenters. The van der Waals surface area contributed by atoms with E-state index in [9.17, 15) is 18.0 Å². The molecule has 2 rings (SSSR count). The van der Waals surface area contributed by atoms with E-state index in [-0.39, 0.29) is 23.9 Å². The van der Waals surface area contributed by atoms with Crippen molar-refractivity contribution in [1.29, 1.82) is 0 Å². The molecule has 0 bridgehead atoms. The normalized spacial score (nSPS) is 11.0. The Morgan fingerprint density at radius 1 is 1.17 bits per heavy atom. The lowest BCUT2D eigenvalue weighted by atomic mass is 10.2. The van der Waals surface area contributed by atoms with Crippen LogP contribution >= 0.6 is 22.6 Å². The van der Waals surface area contributed by atoms with Gasteiger partial charge in [-0.2, -0.15) is 0 Å². The molecule has 0 heterocycles. The zero-order valence-corrected chi connectivity index (χ0v) is 14.7. The summed E-state index contributed by atoms with van der Waals surface area (Å²) in [6.45, 7) is 1.67. The number of hydrogen-bond donors (Lipinski definition) is 2. The highest BCUT2D eigenvalue weighted by molar-refractivity contribution is 14.1. The lowest BCUT2D eigenvalue weighted by Crippen LogP contribution is -2.23. The number of anilines is 2. The zero-order valence-electron chi connectivity index (χ0n) is 12.6. The van der Waals surface area contributed by atoms with Gasteiger partial charge in [0, 0.05) is 9.26 Å². The number of nitrogens with one attached hydrogen (secondary N) is 2. The minimum absolute atomic E-state index is 0.0873. The van der Waals surface area contributed by atoms with Crippen molar-refractivity contribution in [2.45, 2.75) is 13.3 Å². The second-order valence-corrected chi connectivity index (χ2v) is 6.15. The minimum atomic E-state index is -4.79.